The number of hydrogen-bond donors (Lipinski definition) is 1. The topological polar surface area (TPSA) is 88.3 Å². The number of nitrogens with zero attached hydrogens (tertiary/aromatic N) is 3. The van der Waals surface area contributed by atoms with Crippen molar-refractivity contribution in [2.45, 2.75) is 58.5 Å². The van der Waals surface area contributed by atoms with Crippen molar-refractivity contribution in [3.63, 3.8) is 0 Å². The minimum absolute atomic E-state index is 0.0325. The van der Waals surface area contributed by atoms with E-state index < -0.39 is 12.0 Å². The second kappa shape index (κ2) is 9.87. The summed E-state index contributed by atoms with van der Waals surface area (Å²) < 4.78 is 5.42. The van der Waals surface area contributed by atoms with E-state index in [-0.39, 0.29) is 23.8 Å². The molecule has 0 spiro atoms. The Balaban J connectivity index is 1.44. The second-order valence-corrected chi connectivity index (χ2v) is 9.89. The Morgan fingerprint density at radius 2 is 1.97 bits per heavy atom. The number of aromatic nitrogens is 2. The Labute approximate surface area is 198 Å². The first-order valence-corrected chi connectivity index (χ1v) is 12.3. The monoisotopic (exact) mass is 466 g/mol. The van der Waals surface area contributed by atoms with E-state index in [0.29, 0.717) is 18.7 Å². The normalized spacial score (nSPS) is 17.8. The molecule has 2 amide bonds. The molecule has 3 heterocycles. The number of rotatable bonds is 7. The zero-order valence-electron chi connectivity index (χ0n) is 19.4. The smallest absolute Gasteiger partial charge is 0.243 e. The van der Waals surface area contributed by atoms with Crippen LogP contribution in [0.3, 0.4) is 0 Å². The summed E-state index contributed by atoms with van der Waals surface area (Å²) in [4.78, 5) is 33.6. The van der Waals surface area contributed by atoms with Crippen molar-refractivity contribution in [2.75, 3.05) is 6.54 Å². The van der Waals surface area contributed by atoms with Gasteiger partial charge in [0.2, 0.25) is 11.8 Å². The highest BCUT2D eigenvalue weighted by Crippen LogP contribution is 2.31. The lowest BCUT2D eigenvalue weighted by Gasteiger charge is -2.29. The minimum atomic E-state index is -0.471. The van der Waals surface area contributed by atoms with E-state index in [4.69, 9.17) is 4.52 Å². The van der Waals surface area contributed by atoms with Crippen molar-refractivity contribution >= 4 is 23.2 Å². The number of carbonyl (C=O) groups excluding carboxylic acids is 2. The fourth-order valence-electron chi connectivity index (χ4n) is 4.43. The first kappa shape index (κ1) is 23.2. The molecule has 0 saturated carbocycles. The van der Waals surface area contributed by atoms with Gasteiger partial charge in [0.25, 0.3) is 0 Å². The van der Waals surface area contributed by atoms with E-state index in [1.165, 1.54) is 0 Å². The van der Waals surface area contributed by atoms with Gasteiger partial charge in [-0.15, -0.1) is 11.3 Å². The molecule has 2 aromatic heterocycles. The fraction of sp³-hybridized carbons (Fsp3) is 0.440. The van der Waals surface area contributed by atoms with Gasteiger partial charge in [0.05, 0.1) is 22.1 Å². The quantitative estimate of drug-likeness (QED) is 0.545. The molecule has 1 fully saturated rings. The molecule has 3 aromatic rings. The summed E-state index contributed by atoms with van der Waals surface area (Å²) in [5, 5.41) is 7.06. The summed E-state index contributed by atoms with van der Waals surface area (Å²) >= 11 is 1.60. The van der Waals surface area contributed by atoms with Gasteiger partial charge < -0.3 is 14.7 Å². The summed E-state index contributed by atoms with van der Waals surface area (Å²) in [6.45, 7) is 8.36. The fourth-order valence-corrected chi connectivity index (χ4v) is 5.06. The van der Waals surface area contributed by atoms with Crippen molar-refractivity contribution in [1.29, 1.82) is 0 Å². The van der Waals surface area contributed by atoms with Gasteiger partial charge in [0, 0.05) is 18.8 Å². The van der Waals surface area contributed by atoms with Crippen LogP contribution in [0.4, 0.5) is 0 Å². The SMILES string of the molecule is Cc1cc(C(C(=O)N2CCCC2C(=O)NC(C)c2ccc(-c3cncs3)cc2)C(C)C)on1. The molecule has 1 aromatic carbocycles. The molecule has 1 N–H and O–H groups in total. The van der Waals surface area contributed by atoms with Crippen LogP contribution in [-0.2, 0) is 9.59 Å². The molecule has 33 heavy (non-hydrogen) atoms. The van der Waals surface area contributed by atoms with Crippen LogP contribution in [0.15, 0.2) is 46.6 Å². The number of carbonyl (C=O) groups is 2. The molecule has 0 aliphatic carbocycles. The Bertz CT molecular complexity index is 1090. The number of likely N-dealkylation sites (tertiary alicyclic amines) is 1. The molecule has 4 rings (SSSR count). The maximum absolute atomic E-state index is 13.5. The van der Waals surface area contributed by atoms with Crippen molar-refractivity contribution < 1.29 is 14.1 Å². The average Bonchev–Trinajstić information content (AvgIpc) is 3.55. The number of benzene rings is 1. The van der Waals surface area contributed by atoms with E-state index in [0.717, 1.165) is 28.1 Å². The summed E-state index contributed by atoms with van der Waals surface area (Å²) in [5.74, 6) is -0.0362. The predicted octanol–water partition coefficient (Wildman–Crippen LogP) is 4.71. The maximum atomic E-state index is 13.5. The van der Waals surface area contributed by atoms with E-state index in [1.807, 2.05) is 69.7 Å². The zero-order valence-corrected chi connectivity index (χ0v) is 20.3. The van der Waals surface area contributed by atoms with Crippen LogP contribution in [0.5, 0.6) is 0 Å². The highest BCUT2D eigenvalue weighted by atomic mass is 32.1. The van der Waals surface area contributed by atoms with E-state index in [2.05, 4.69) is 15.5 Å². The van der Waals surface area contributed by atoms with Gasteiger partial charge >= 0.3 is 0 Å². The van der Waals surface area contributed by atoms with Gasteiger partial charge in [-0.3, -0.25) is 14.6 Å². The Morgan fingerprint density at radius 3 is 2.58 bits per heavy atom. The average molecular weight is 467 g/mol. The van der Waals surface area contributed by atoms with Crippen LogP contribution >= 0.6 is 11.3 Å². The predicted molar refractivity (Wildman–Crippen MR) is 128 cm³/mol. The van der Waals surface area contributed by atoms with Crippen LogP contribution in [0, 0.1) is 12.8 Å². The lowest BCUT2D eigenvalue weighted by Crippen LogP contribution is -2.48. The first-order chi connectivity index (χ1) is 15.8. The maximum Gasteiger partial charge on any atom is 0.243 e. The number of aryl methyl sites for hydroxylation is 1. The van der Waals surface area contributed by atoms with Crippen LogP contribution in [0.1, 0.15) is 62.6 Å². The summed E-state index contributed by atoms with van der Waals surface area (Å²) in [7, 11) is 0. The second-order valence-electron chi connectivity index (χ2n) is 9.00. The number of hydrogen-bond acceptors (Lipinski definition) is 6. The molecule has 8 heteroatoms. The van der Waals surface area contributed by atoms with E-state index in [9.17, 15) is 9.59 Å². The molecule has 7 nitrogen and oxygen atoms in total. The third-order valence-electron chi connectivity index (χ3n) is 6.21. The number of thiazole rings is 1. The summed E-state index contributed by atoms with van der Waals surface area (Å²) in [5.41, 5.74) is 4.68. The van der Waals surface area contributed by atoms with Gasteiger partial charge in [-0.05, 0) is 43.7 Å². The highest BCUT2D eigenvalue weighted by Gasteiger charge is 2.40. The van der Waals surface area contributed by atoms with Crippen LogP contribution in [-0.4, -0.2) is 39.4 Å². The Kier molecular flexibility index (Phi) is 6.93. The summed E-state index contributed by atoms with van der Waals surface area (Å²) in [6.07, 6.45) is 3.32. The lowest BCUT2D eigenvalue weighted by molar-refractivity contribution is -0.141. The highest BCUT2D eigenvalue weighted by molar-refractivity contribution is 7.13. The van der Waals surface area contributed by atoms with Gasteiger partial charge in [-0.25, -0.2) is 0 Å². The lowest BCUT2D eigenvalue weighted by atomic mass is 9.91. The first-order valence-electron chi connectivity index (χ1n) is 11.4. The third kappa shape index (κ3) is 5.00. The molecule has 0 bridgehead atoms. The summed E-state index contributed by atoms with van der Waals surface area (Å²) in [6, 6.07) is 9.32. The van der Waals surface area contributed by atoms with Gasteiger partial charge in [-0.1, -0.05) is 43.3 Å². The molecular weight excluding hydrogens is 436 g/mol. The Hall–Kier alpha value is -3.00. The van der Waals surface area contributed by atoms with E-state index >= 15 is 0 Å². The van der Waals surface area contributed by atoms with Crippen LogP contribution in [0.2, 0.25) is 0 Å². The molecule has 174 valence electrons. The van der Waals surface area contributed by atoms with Crippen LogP contribution in [0.25, 0.3) is 10.4 Å². The molecule has 1 saturated heterocycles. The molecule has 1 aliphatic rings. The van der Waals surface area contributed by atoms with E-state index in [1.54, 1.807) is 16.2 Å². The van der Waals surface area contributed by atoms with Crippen molar-refractivity contribution in [3.05, 3.63) is 59.1 Å². The van der Waals surface area contributed by atoms with Gasteiger partial charge in [0.15, 0.2) is 0 Å². The Morgan fingerprint density at radius 1 is 1.21 bits per heavy atom. The molecule has 3 atom stereocenters. The number of nitrogens with one attached hydrogen (secondary N) is 1. The van der Waals surface area contributed by atoms with Gasteiger partial charge in [-0.2, -0.15) is 0 Å². The molecular formula is C25H30N4O3S. The van der Waals surface area contributed by atoms with Crippen molar-refractivity contribution in [2.24, 2.45) is 5.92 Å². The molecule has 3 unspecified atom stereocenters. The standard InChI is InChI=1S/C25H30N4O3S/c1-15(2)23(21-12-16(3)28-32-21)25(31)29-11-5-6-20(29)24(30)27-17(4)18-7-9-19(10-8-18)22-13-26-14-33-22/h7-10,12-15,17,20,23H,5-6,11H2,1-4H3,(H,27,30). The van der Waals surface area contributed by atoms with Crippen molar-refractivity contribution in [3.8, 4) is 10.4 Å². The third-order valence-corrected chi connectivity index (χ3v) is 7.03. The molecule has 0 radical (unpaired) electrons. The molecule has 1 aliphatic heterocycles. The number of amides is 2. The van der Waals surface area contributed by atoms with Crippen LogP contribution < -0.4 is 5.32 Å². The van der Waals surface area contributed by atoms with Gasteiger partial charge in [0.1, 0.15) is 17.7 Å². The minimum Gasteiger partial charge on any atom is -0.360 e. The largest absolute Gasteiger partial charge is 0.360 e. The van der Waals surface area contributed by atoms with Crippen molar-refractivity contribution in [1.82, 2.24) is 20.4 Å². The zero-order chi connectivity index (χ0) is 23.5.